The molecule has 0 bridgehead atoms. The quantitative estimate of drug-likeness (QED) is 0.682. The average Bonchev–Trinajstić information content (AvgIpc) is 2.96. The monoisotopic (exact) mass is 286 g/mol. The SMILES string of the molecule is c1ccc(CN2CN(c3ccccc3)c3ccccc32)cc1. The van der Waals surface area contributed by atoms with Crippen LogP contribution in [0.3, 0.4) is 0 Å². The number of rotatable bonds is 3. The van der Waals surface area contributed by atoms with Gasteiger partial charge in [0.25, 0.3) is 0 Å². The van der Waals surface area contributed by atoms with Crippen molar-refractivity contribution in [2.45, 2.75) is 6.54 Å². The summed E-state index contributed by atoms with van der Waals surface area (Å²) in [5.41, 5.74) is 5.16. The van der Waals surface area contributed by atoms with Crippen LogP contribution in [0.5, 0.6) is 0 Å². The molecule has 3 aromatic rings. The fourth-order valence-corrected chi connectivity index (χ4v) is 3.05. The number of para-hydroxylation sites is 3. The Morgan fingerprint density at radius 2 is 1.23 bits per heavy atom. The predicted molar refractivity (Wildman–Crippen MR) is 92.5 cm³/mol. The third-order valence-corrected chi connectivity index (χ3v) is 4.11. The maximum absolute atomic E-state index is 2.43. The number of hydrogen-bond donors (Lipinski definition) is 0. The molecule has 22 heavy (non-hydrogen) atoms. The Kier molecular flexibility index (Phi) is 3.28. The van der Waals surface area contributed by atoms with Crippen molar-refractivity contribution in [3.05, 3.63) is 90.5 Å². The Hall–Kier alpha value is -2.74. The van der Waals surface area contributed by atoms with Crippen molar-refractivity contribution >= 4 is 17.1 Å². The van der Waals surface area contributed by atoms with Crippen molar-refractivity contribution in [2.75, 3.05) is 16.5 Å². The van der Waals surface area contributed by atoms with Gasteiger partial charge < -0.3 is 9.80 Å². The van der Waals surface area contributed by atoms with Gasteiger partial charge in [0, 0.05) is 12.2 Å². The summed E-state index contributed by atoms with van der Waals surface area (Å²) < 4.78 is 0. The Balaban J connectivity index is 1.68. The molecule has 0 unspecified atom stereocenters. The maximum Gasteiger partial charge on any atom is 0.0956 e. The smallest absolute Gasteiger partial charge is 0.0956 e. The van der Waals surface area contributed by atoms with Crippen molar-refractivity contribution in [1.29, 1.82) is 0 Å². The Bertz CT molecular complexity index is 753. The van der Waals surface area contributed by atoms with Crippen LogP contribution < -0.4 is 9.80 Å². The number of fused-ring (bicyclic) bond motifs is 1. The van der Waals surface area contributed by atoms with E-state index >= 15 is 0 Å². The second-order valence-electron chi connectivity index (χ2n) is 5.58. The van der Waals surface area contributed by atoms with E-state index < -0.39 is 0 Å². The molecule has 1 aliphatic heterocycles. The molecule has 0 radical (unpaired) electrons. The van der Waals surface area contributed by atoms with Crippen molar-refractivity contribution < 1.29 is 0 Å². The zero-order chi connectivity index (χ0) is 14.8. The maximum atomic E-state index is 2.43. The molecule has 0 amide bonds. The summed E-state index contributed by atoms with van der Waals surface area (Å²) in [6.45, 7) is 1.82. The van der Waals surface area contributed by atoms with Gasteiger partial charge in [-0.25, -0.2) is 0 Å². The molecule has 0 fully saturated rings. The highest BCUT2D eigenvalue weighted by Gasteiger charge is 2.26. The summed E-state index contributed by atoms with van der Waals surface area (Å²) in [7, 11) is 0. The zero-order valence-corrected chi connectivity index (χ0v) is 12.4. The van der Waals surface area contributed by atoms with Gasteiger partial charge in [-0.1, -0.05) is 60.7 Å². The van der Waals surface area contributed by atoms with Gasteiger partial charge >= 0.3 is 0 Å². The first-order valence-corrected chi connectivity index (χ1v) is 7.62. The first-order chi connectivity index (χ1) is 10.9. The van der Waals surface area contributed by atoms with E-state index in [1.165, 1.54) is 22.6 Å². The van der Waals surface area contributed by atoms with E-state index in [2.05, 4.69) is 94.7 Å². The van der Waals surface area contributed by atoms with E-state index in [1.54, 1.807) is 0 Å². The van der Waals surface area contributed by atoms with Crippen molar-refractivity contribution in [2.24, 2.45) is 0 Å². The van der Waals surface area contributed by atoms with Gasteiger partial charge in [0.1, 0.15) is 0 Å². The molecule has 3 aromatic carbocycles. The highest BCUT2D eigenvalue weighted by Crippen LogP contribution is 2.40. The molecule has 4 rings (SSSR count). The molecule has 2 heteroatoms. The second-order valence-corrected chi connectivity index (χ2v) is 5.58. The molecule has 1 aliphatic rings. The summed E-state index contributed by atoms with van der Waals surface area (Å²) in [6.07, 6.45) is 0. The van der Waals surface area contributed by atoms with Crippen LogP contribution >= 0.6 is 0 Å². The van der Waals surface area contributed by atoms with Crippen LogP contribution in [0.1, 0.15) is 5.56 Å². The minimum absolute atomic E-state index is 0.887. The number of anilines is 3. The number of benzene rings is 3. The molecule has 0 spiro atoms. The number of nitrogens with zero attached hydrogens (tertiary/aromatic N) is 2. The van der Waals surface area contributed by atoms with Gasteiger partial charge in [0.15, 0.2) is 0 Å². The molecule has 0 atom stereocenters. The third-order valence-electron chi connectivity index (χ3n) is 4.11. The molecular formula is C20H18N2. The van der Waals surface area contributed by atoms with Gasteiger partial charge in [0.05, 0.1) is 18.0 Å². The largest absolute Gasteiger partial charge is 0.347 e. The molecule has 1 heterocycles. The molecule has 2 nitrogen and oxygen atoms in total. The fourth-order valence-electron chi connectivity index (χ4n) is 3.05. The first kappa shape index (κ1) is 13.0. The van der Waals surface area contributed by atoms with Crippen LogP contribution in [0.4, 0.5) is 17.1 Å². The van der Waals surface area contributed by atoms with Gasteiger partial charge in [-0.3, -0.25) is 0 Å². The molecule has 0 aliphatic carbocycles. The summed E-state index contributed by atoms with van der Waals surface area (Å²) >= 11 is 0. The zero-order valence-electron chi connectivity index (χ0n) is 12.4. The predicted octanol–water partition coefficient (Wildman–Crippen LogP) is 4.80. The second kappa shape index (κ2) is 5.57. The lowest BCUT2D eigenvalue weighted by molar-refractivity contribution is 0.833. The van der Waals surface area contributed by atoms with Crippen LogP contribution in [0.2, 0.25) is 0 Å². The molecule has 0 saturated carbocycles. The normalized spacial score (nSPS) is 13.3. The third kappa shape index (κ3) is 2.33. The lowest BCUT2D eigenvalue weighted by atomic mass is 10.2. The van der Waals surface area contributed by atoms with E-state index in [0.29, 0.717) is 0 Å². The van der Waals surface area contributed by atoms with E-state index in [4.69, 9.17) is 0 Å². The van der Waals surface area contributed by atoms with E-state index in [-0.39, 0.29) is 0 Å². The van der Waals surface area contributed by atoms with E-state index in [0.717, 1.165) is 13.2 Å². The van der Waals surface area contributed by atoms with Crippen molar-refractivity contribution in [3.8, 4) is 0 Å². The molecule has 108 valence electrons. The topological polar surface area (TPSA) is 6.48 Å². The van der Waals surface area contributed by atoms with Gasteiger partial charge in [-0.05, 0) is 29.8 Å². The fraction of sp³-hybridized carbons (Fsp3) is 0.100. The molecule has 0 aromatic heterocycles. The number of hydrogen-bond acceptors (Lipinski definition) is 2. The van der Waals surface area contributed by atoms with E-state index in [1.807, 2.05) is 0 Å². The Morgan fingerprint density at radius 3 is 1.95 bits per heavy atom. The highest BCUT2D eigenvalue weighted by molar-refractivity contribution is 5.82. The van der Waals surface area contributed by atoms with Crippen molar-refractivity contribution in [1.82, 2.24) is 0 Å². The van der Waals surface area contributed by atoms with Crippen LogP contribution in [0.15, 0.2) is 84.9 Å². The lowest BCUT2D eigenvalue weighted by Gasteiger charge is -2.22. The summed E-state index contributed by atoms with van der Waals surface area (Å²) in [4.78, 5) is 4.80. The first-order valence-electron chi connectivity index (χ1n) is 7.62. The lowest BCUT2D eigenvalue weighted by Crippen LogP contribution is -2.27. The van der Waals surface area contributed by atoms with Gasteiger partial charge in [0.2, 0.25) is 0 Å². The average molecular weight is 286 g/mol. The molecular weight excluding hydrogens is 268 g/mol. The minimum Gasteiger partial charge on any atom is -0.347 e. The van der Waals surface area contributed by atoms with Crippen LogP contribution in [-0.2, 0) is 6.54 Å². The van der Waals surface area contributed by atoms with Gasteiger partial charge in [-0.2, -0.15) is 0 Å². The minimum atomic E-state index is 0.887. The molecule has 0 saturated heterocycles. The van der Waals surface area contributed by atoms with Gasteiger partial charge in [-0.15, -0.1) is 0 Å². The van der Waals surface area contributed by atoms with E-state index in [9.17, 15) is 0 Å². The Morgan fingerprint density at radius 1 is 0.636 bits per heavy atom. The highest BCUT2D eigenvalue weighted by atomic mass is 15.4. The van der Waals surface area contributed by atoms with Crippen LogP contribution in [0.25, 0.3) is 0 Å². The summed E-state index contributed by atoms with van der Waals surface area (Å²) in [5.74, 6) is 0. The summed E-state index contributed by atoms with van der Waals surface area (Å²) in [6, 6.07) is 29.9. The molecule has 0 N–H and O–H groups in total. The Labute approximate surface area is 131 Å². The standard InChI is InChI=1S/C20H18N2/c1-3-9-17(10-4-1)15-21-16-22(18-11-5-2-6-12-18)20-14-8-7-13-19(20)21/h1-14H,15-16H2. The van der Waals surface area contributed by atoms with Crippen molar-refractivity contribution in [3.63, 3.8) is 0 Å². The van der Waals surface area contributed by atoms with Crippen LogP contribution in [-0.4, -0.2) is 6.67 Å². The summed E-state index contributed by atoms with van der Waals surface area (Å²) in [5, 5.41) is 0. The van der Waals surface area contributed by atoms with Crippen LogP contribution in [0, 0.1) is 0 Å².